The fourth-order valence-electron chi connectivity index (χ4n) is 3.74. The quantitative estimate of drug-likeness (QED) is 0.339. The van der Waals surface area contributed by atoms with Crippen molar-refractivity contribution >= 4 is 40.6 Å². The predicted molar refractivity (Wildman–Crippen MR) is 125 cm³/mol. The number of hydrogen-bond acceptors (Lipinski definition) is 9. The van der Waals surface area contributed by atoms with Crippen LogP contribution in [0.25, 0.3) is 0 Å². The van der Waals surface area contributed by atoms with Crippen molar-refractivity contribution in [2.75, 3.05) is 56.2 Å². The summed E-state index contributed by atoms with van der Waals surface area (Å²) in [5, 5.41) is 9.59. The van der Waals surface area contributed by atoms with Gasteiger partial charge in [-0.15, -0.1) is 0 Å². The van der Waals surface area contributed by atoms with Crippen LogP contribution in [0.3, 0.4) is 0 Å². The number of rotatable bonds is 7. The molecule has 2 aromatic rings. The Balaban J connectivity index is 1.56. The smallest absolute Gasteiger partial charge is 0.319 e. The summed E-state index contributed by atoms with van der Waals surface area (Å²) in [5.74, 6) is 4.81. The van der Waals surface area contributed by atoms with E-state index in [4.69, 9.17) is 26.9 Å². The van der Waals surface area contributed by atoms with Crippen LogP contribution in [0.1, 0.15) is 23.1 Å². The number of morpholine rings is 1. The second-order valence-electron chi connectivity index (χ2n) is 7.63. The third-order valence-corrected chi connectivity index (χ3v) is 5.82. The zero-order valence-corrected chi connectivity index (χ0v) is 19.4. The summed E-state index contributed by atoms with van der Waals surface area (Å²) in [6.45, 7) is 6.17. The Morgan fingerprint density at radius 2 is 2.06 bits per heavy atom. The Bertz CT molecular complexity index is 1110. The van der Waals surface area contributed by atoms with Gasteiger partial charge in [0.25, 0.3) is 5.91 Å². The average molecular weight is 489 g/mol. The number of anilines is 3. The highest BCUT2D eigenvalue weighted by Crippen LogP contribution is 2.35. The number of ether oxygens (including phenoxy) is 2. The highest BCUT2D eigenvalue weighted by molar-refractivity contribution is 6.30. The van der Waals surface area contributed by atoms with Crippen LogP contribution in [0, 0.1) is 0 Å². The number of nitrogens with two attached hydrogens (primary N) is 1. The number of aromatic nitrogens is 2. The van der Waals surface area contributed by atoms with Crippen molar-refractivity contribution in [1.82, 2.24) is 14.9 Å². The monoisotopic (exact) mass is 488 g/mol. The Morgan fingerprint density at radius 1 is 1.26 bits per heavy atom. The molecule has 2 aliphatic heterocycles. The molecule has 2 aliphatic rings. The fourth-order valence-corrected chi connectivity index (χ4v) is 4.00. The molecule has 180 valence electrons. The van der Waals surface area contributed by atoms with Crippen molar-refractivity contribution in [1.29, 1.82) is 0 Å². The van der Waals surface area contributed by atoms with Gasteiger partial charge in [0, 0.05) is 37.9 Å². The van der Waals surface area contributed by atoms with Crippen molar-refractivity contribution in [3.05, 3.63) is 34.7 Å². The van der Waals surface area contributed by atoms with Crippen LogP contribution in [-0.4, -0.2) is 72.7 Å². The van der Waals surface area contributed by atoms with E-state index in [1.807, 2.05) is 6.92 Å². The number of benzene rings is 1. The van der Waals surface area contributed by atoms with Crippen LogP contribution >= 0.6 is 11.6 Å². The second-order valence-corrected chi connectivity index (χ2v) is 7.99. The summed E-state index contributed by atoms with van der Waals surface area (Å²) in [6, 6.07) is 5.26. The van der Waals surface area contributed by atoms with Crippen LogP contribution in [-0.2, 0) is 16.0 Å². The molecule has 0 atom stereocenters. The molecule has 3 heterocycles. The third-order valence-electron chi connectivity index (χ3n) is 5.51. The lowest BCUT2D eigenvalue weighted by atomic mass is 10.2. The van der Waals surface area contributed by atoms with Crippen LogP contribution < -0.4 is 20.8 Å². The lowest BCUT2D eigenvalue weighted by molar-refractivity contribution is -0.121. The Kier molecular flexibility index (Phi) is 7.50. The number of halogens is 1. The van der Waals surface area contributed by atoms with E-state index in [0.717, 1.165) is 19.6 Å². The van der Waals surface area contributed by atoms with Crippen molar-refractivity contribution in [2.45, 2.75) is 13.3 Å². The van der Waals surface area contributed by atoms with Crippen LogP contribution in [0.4, 0.5) is 17.2 Å². The number of carbonyl (C=O) groups is 2. The second kappa shape index (κ2) is 10.7. The van der Waals surface area contributed by atoms with Crippen molar-refractivity contribution in [3.63, 3.8) is 0 Å². The van der Waals surface area contributed by atoms with Gasteiger partial charge in [-0.3, -0.25) is 14.5 Å². The molecule has 3 N–H and O–H groups in total. The Morgan fingerprint density at radius 3 is 2.79 bits per heavy atom. The highest BCUT2D eigenvalue weighted by Gasteiger charge is 2.27. The molecule has 0 unspecified atom stereocenters. The molecule has 0 bridgehead atoms. The summed E-state index contributed by atoms with van der Waals surface area (Å²) in [4.78, 5) is 37.4. The molecule has 0 saturated carbocycles. The largest absolute Gasteiger partial charge is 0.481 e. The summed E-state index contributed by atoms with van der Waals surface area (Å²) in [7, 11) is 0. The molecule has 1 aromatic heterocycles. The summed E-state index contributed by atoms with van der Waals surface area (Å²) in [6.07, 6.45) is 0.479. The molecule has 0 aliphatic carbocycles. The van der Waals surface area contributed by atoms with E-state index in [9.17, 15) is 9.59 Å². The molecule has 34 heavy (non-hydrogen) atoms. The maximum atomic E-state index is 12.5. The lowest BCUT2D eigenvalue weighted by Crippen LogP contribution is -2.45. The Hall–Kier alpha value is -3.35. The molecule has 0 spiro atoms. The first-order chi connectivity index (χ1) is 16.5. The van der Waals surface area contributed by atoms with Crippen LogP contribution in [0.5, 0.6) is 5.75 Å². The minimum absolute atomic E-state index is 0.0585. The van der Waals surface area contributed by atoms with Gasteiger partial charge >= 0.3 is 5.91 Å². The van der Waals surface area contributed by atoms with Crippen molar-refractivity contribution in [2.24, 2.45) is 16.2 Å². The first-order valence-corrected chi connectivity index (χ1v) is 11.2. The van der Waals surface area contributed by atoms with Crippen LogP contribution in [0.15, 0.2) is 28.5 Å². The van der Waals surface area contributed by atoms with Gasteiger partial charge in [-0.25, -0.2) is 9.97 Å². The van der Waals surface area contributed by atoms with Gasteiger partial charge in [-0.05, 0) is 18.6 Å². The van der Waals surface area contributed by atoms with E-state index in [1.54, 1.807) is 23.1 Å². The first-order valence-electron chi connectivity index (χ1n) is 10.9. The fraction of sp³-hybridized carbons (Fsp3) is 0.429. The van der Waals surface area contributed by atoms with Gasteiger partial charge in [0.1, 0.15) is 5.75 Å². The number of amides is 2. The number of hydrogen-bond donors (Lipinski definition) is 2. The topological polar surface area (TPSA) is 148 Å². The van der Waals surface area contributed by atoms with E-state index in [1.165, 1.54) is 0 Å². The minimum atomic E-state index is -0.752. The van der Waals surface area contributed by atoms with Gasteiger partial charge < -0.3 is 25.5 Å². The zero-order chi connectivity index (χ0) is 24.1. The van der Waals surface area contributed by atoms with Gasteiger partial charge in [0.05, 0.1) is 24.6 Å². The number of aryl methyl sites for hydroxylation is 1. The van der Waals surface area contributed by atoms with Crippen LogP contribution in [0.2, 0.25) is 5.15 Å². The molecular formula is C21H25ClN8O4. The molecule has 1 fully saturated rings. The summed E-state index contributed by atoms with van der Waals surface area (Å²) >= 11 is 6.21. The molecule has 2 amide bonds. The number of fused-ring (bicyclic) bond motifs is 1. The molecule has 12 nitrogen and oxygen atoms in total. The van der Waals surface area contributed by atoms with E-state index in [0.29, 0.717) is 49.0 Å². The van der Waals surface area contributed by atoms with E-state index < -0.39 is 5.91 Å². The van der Waals surface area contributed by atoms with Gasteiger partial charge in [0.2, 0.25) is 0 Å². The molecule has 0 radical (unpaired) electrons. The third kappa shape index (κ3) is 5.24. The maximum Gasteiger partial charge on any atom is 0.319 e. The van der Waals surface area contributed by atoms with Gasteiger partial charge in [0.15, 0.2) is 23.3 Å². The molecule has 1 saturated heterocycles. The maximum absolute atomic E-state index is 12.5. The molecular weight excluding hydrogens is 464 g/mol. The minimum Gasteiger partial charge on any atom is -0.481 e. The normalized spacial score (nSPS) is 16.4. The van der Waals surface area contributed by atoms with Crippen molar-refractivity contribution in [3.8, 4) is 5.75 Å². The van der Waals surface area contributed by atoms with Gasteiger partial charge in [-0.1, -0.05) is 28.9 Å². The van der Waals surface area contributed by atoms with E-state index in [-0.39, 0.29) is 29.2 Å². The lowest BCUT2D eigenvalue weighted by Gasteiger charge is -2.33. The number of nitrogens with one attached hydrogen (secondary N) is 1. The SMILES string of the molecule is CCc1nc(C(=O)N=NN)c(Nc2ccc3c(c2)OCC(=O)N3CCN2CCOCC2)nc1Cl. The highest BCUT2D eigenvalue weighted by atomic mass is 35.5. The molecule has 4 rings (SSSR count). The van der Waals surface area contributed by atoms with Crippen molar-refractivity contribution < 1.29 is 19.1 Å². The summed E-state index contributed by atoms with van der Waals surface area (Å²) < 4.78 is 11.1. The standard InChI is InChI=1S/C21H25ClN8O4/c1-2-14-19(22)26-20(18(25-14)21(32)27-28-23)24-13-3-4-15-16(11-13)34-12-17(31)30(15)6-5-29-7-9-33-10-8-29/h3-4,11H,2,5-10,12H2,1H3,(H,24,26)(H2,23,27,32). The first kappa shape index (κ1) is 23.8. The van der Waals surface area contributed by atoms with E-state index in [2.05, 4.69) is 30.5 Å². The molecule has 13 heteroatoms. The van der Waals surface area contributed by atoms with Gasteiger partial charge in [-0.2, -0.15) is 0 Å². The average Bonchev–Trinajstić information content (AvgIpc) is 2.84. The predicted octanol–water partition coefficient (Wildman–Crippen LogP) is 1.96. The molecule has 1 aromatic carbocycles. The summed E-state index contributed by atoms with van der Waals surface area (Å²) in [5.41, 5.74) is 1.63. The van der Waals surface area contributed by atoms with E-state index >= 15 is 0 Å². The number of carbonyl (C=O) groups excluding carboxylic acids is 2. The zero-order valence-electron chi connectivity index (χ0n) is 18.7. The Labute approximate surface area is 201 Å². The number of nitrogens with zero attached hydrogens (tertiary/aromatic N) is 6.